The number of fused-ring (bicyclic) bond motifs is 2. The highest BCUT2D eigenvalue weighted by Crippen LogP contribution is 2.23. The highest BCUT2D eigenvalue weighted by molar-refractivity contribution is 7.89. The summed E-state index contributed by atoms with van der Waals surface area (Å²) in [5, 5.41) is 6.51. The molecule has 5 rings (SSSR count). The lowest BCUT2D eigenvalue weighted by Crippen LogP contribution is -2.48. The van der Waals surface area contributed by atoms with Crippen LogP contribution in [0.5, 0.6) is 0 Å². The van der Waals surface area contributed by atoms with Crippen molar-refractivity contribution >= 4 is 38.7 Å². The van der Waals surface area contributed by atoms with E-state index in [1.165, 1.54) is 0 Å². The van der Waals surface area contributed by atoms with Crippen LogP contribution in [0.2, 0.25) is 0 Å². The fraction of sp³-hybridized carbons (Fsp3) is 0.238. The second-order valence-corrected chi connectivity index (χ2v) is 9.69. The molecule has 0 bridgehead atoms. The Morgan fingerprint density at radius 2 is 1.63 bits per heavy atom. The molecule has 0 N–H and O–H groups in total. The largest absolute Gasteiger partial charge is 0.282 e. The number of hydrogen-bond donors (Lipinski definition) is 0. The van der Waals surface area contributed by atoms with Crippen LogP contribution in [0.3, 0.4) is 0 Å². The minimum absolute atomic E-state index is 0.345. The van der Waals surface area contributed by atoms with Crippen molar-refractivity contribution < 1.29 is 8.42 Å². The molecule has 9 heteroatoms. The molecule has 2 aromatic heterocycles. The minimum Gasteiger partial charge on any atom is -0.282 e. The smallest absolute Gasteiger partial charge is 0.243 e. The normalized spacial score (nSPS) is 16.4. The van der Waals surface area contributed by atoms with Crippen LogP contribution in [0.25, 0.3) is 16.4 Å². The average molecular weight is 440 g/mol. The van der Waals surface area contributed by atoms with E-state index in [1.807, 2.05) is 59.1 Å². The summed E-state index contributed by atoms with van der Waals surface area (Å²) in [6.07, 6.45) is 1.90. The van der Waals surface area contributed by atoms with Crippen LogP contribution in [0.1, 0.15) is 0 Å². The Kier molecular flexibility index (Phi) is 4.90. The van der Waals surface area contributed by atoms with Gasteiger partial charge in [0.05, 0.1) is 11.6 Å². The zero-order valence-electron chi connectivity index (χ0n) is 16.3. The SMILES string of the molecule is O=S(=O)(c1ccc2ccccc2c1)N1CCN(Cn2nc3ccccn3c2=S)CC1. The third-order valence-corrected chi connectivity index (χ3v) is 7.81. The molecule has 0 atom stereocenters. The van der Waals surface area contributed by atoms with Gasteiger partial charge in [0.2, 0.25) is 14.8 Å². The molecule has 0 spiro atoms. The molecule has 3 heterocycles. The third-order valence-electron chi connectivity index (χ3n) is 5.51. The number of aromatic nitrogens is 3. The summed E-state index contributed by atoms with van der Waals surface area (Å²) in [5.74, 6) is 0. The van der Waals surface area contributed by atoms with Crippen LogP contribution in [0.15, 0.2) is 71.8 Å². The van der Waals surface area contributed by atoms with Crippen molar-refractivity contribution in [2.24, 2.45) is 0 Å². The maximum absolute atomic E-state index is 13.1. The van der Waals surface area contributed by atoms with Gasteiger partial charge >= 0.3 is 0 Å². The van der Waals surface area contributed by atoms with Crippen LogP contribution in [0.4, 0.5) is 0 Å². The summed E-state index contributed by atoms with van der Waals surface area (Å²) in [5.41, 5.74) is 0.806. The van der Waals surface area contributed by atoms with E-state index in [4.69, 9.17) is 12.2 Å². The molecule has 1 fully saturated rings. The Hall–Kier alpha value is -2.59. The van der Waals surface area contributed by atoms with Gasteiger partial charge in [0.15, 0.2) is 5.65 Å². The first-order valence-corrected chi connectivity index (χ1v) is 11.6. The molecule has 0 aliphatic carbocycles. The maximum Gasteiger partial charge on any atom is 0.243 e. The molecule has 0 saturated carbocycles. The van der Waals surface area contributed by atoms with Gasteiger partial charge < -0.3 is 0 Å². The Bertz CT molecular complexity index is 1390. The molecule has 4 aromatic rings. The molecule has 0 amide bonds. The van der Waals surface area contributed by atoms with Crippen LogP contribution in [-0.2, 0) is 16.7 Å². The Labute approximate surface area is 179 Å². The number of pyridine rings is 1. The van der Waals surface area contributed by atoms with Gasteiger partial charge in [-0.1, -0.05) is 36.4 Å². The van der Waals surface area contributed by atoms with E-state index in [1.54, 1.807) is 21.1 Å². The number of piperazine rings is 1. The van der Waals surface area contributed by atoms with E-state index in [0.29, 0.717) is 42.5 Å². The quantitative estimate of drug-likeness (QED) is 0.458. The molecular formula is C21H21N5O2S2. The lowest BCUT2D eigenvalue weighted by molar-refractivity contribution is 0.145. The second kappa shape index (κ2) is 7.59. The molecule has 1 aliphatic heterocycles. The summed E-state index contributed by atoms with van der Waals surface area (Å²) in [7, 11) is -3.52. The van der Waals surface area contributed by atoms with Gasteiger partial charge in [-0.15, -0.1) is 0 Å². The van der Waals surface area contributed by atoms with E-state index in [9.17, 15) is 8.42 Å². The lowest BCUT2D eigenvalue weighted by atomic mass is 10.1. The van der Waals surface area contributed by atoms with Crippen molar-refractivity contribution in [2.45, 2.75) is 11.6 Å². The number of hydrogen-bond acceptors (Lipinski definition) is 5. The Morgan fingerprint density at radius 1 is 0.900 bits per heavy atom. The van der Waals surface area contributed by atoms with E-state index in [2.05, 4.69) is 10.00 Å². The first-order valence-electron chi connectivity index (χ1n) is 9.78. The van der Waals surface area contributed by atoms with Crippen molar-refractivity contribution in [3.05, 3.63) is 71.6 Å². The van der Waals surface area contributed by atoms with Crippen molar-refractivity contribution in [1.82, 2.24) is 23.4 Å². The molecule has 154 valence electrons. The fourth-order valence-electron chi connectivity index (χ4n) is 3.84. The molecule has 2 aromatic carbocycles. The van der Waals surface area contributed by atoms with Crippen molar-refractivity contribution in [3.63, 3.8) is 0 Å². The summed E-state index contributed by atoms with van der Waals surface area (Å²) in [4.78, 5) is 2.52. The second-order valence-electron chi connectivity index (χ2n) is 7.38. The van der Waals surface area contributed by atoms with Crippen molar-refractivity contribution in [2.75, 3.05) is 26.2 Å². The first kappa shape index (κ1) is 19.4. The zero-order valence-corrected chi connectivity index (χ0v) is 17.9. The van der Waals surface area contributed by atoms with E-state index in [0.717, 1.165) is 16.4 Å². The standard InChI is InChI=1S/C21H21N5O2S2/c27-30(28,19-9-8-17-5-1-2-6-18(17)15-19)24-13-11-23(12-14-24)16-26-21(29)25-10-4-3-7-20(25)22-26/h1-10,15H,11-14,16H2. The summed E-state index contributed by atoms with van der Waals surface area (Å²) >= 11 is 5.51. The number of nitrogens with zero attached hydrogens (tertiary/aromatic N) is 5. The molecule has 0 unspecified atom stereocenters. The maximum atomic E-state index is 13.1. The molecule has 1 saturated heterocycles. The fourth-order valence-corrected chi connectivity index (χ4v) is 5.55. The summed E-state index contributed by atoms with van der Waals surface area (Å²) in [6, 6.07) is 18.9. The van der Waals surface area contributed by atoms with Crippen LogP contribution < -0.4 is 0 Å². The first-order chi connectivity index (χ1) is 14.5. The average Bonchev–Trinajstić information content (AvgIpc) is 3.09. The van der Waals surface area contributed by atoms with Crippen LogP contribution >= 0.6 is 12.2 Å². The number of benzene rings is 2. The molecule has 30 heavy (non-hydrogen) atoms. The Balaban J connectivity index is 1.30. The van der Waals surface area contributed by atoms with E-state index >= 15 is 0 Å². The van der Waals surface area contributed by atoms with Gasteiger partial charge in [0.25, 0.3) is 0 Å². The van der Waals surface area contributed by atoms with Gasteiger partial charge in [-0.25, -0.2) is 13.1 Å². The highest BCUT2D eigenvalue weighted by atomic mass is 32.2. The zero-order chi connectivity index (χ0) is 20.7. The topological polar surface area (TPSA) is 62.9 Å². The number of rotatable bonds is 4. The van der Waals surface area contributed by atoms with Crippen molar-refractivity contribution in [1.29, 1.82) is 0 Å². The summed E-state index contributed by atoms with van der Waals surface area (Å²) < 4.78 is 32.1. The highest BCUT2D eigenvalue weighted by Gasteiger charge is 2.28. The monoisotopic (exact) mass is 439 g/mol. The summed E-state index contributed by atoms with van der Waals surface area (Å²) in [6.45, 7) is 2.68. The number of sulfonamides is 1. The van der Waals surface area contributed by atoms with E-state index in [-0.39, 0.29) is 0 Å². The van der Waals surface area contributed by atoms with Gasteiger partial charge in [0.1, 0.15) is 0 Å². The lowest BCUT2D eigenvalue weighted by Gasteiger charge is -2.33. The van der Waals surface area contributed by atoms with Gasteiger partial charge in [-0.05, 0) is 47.3 Å². The minimum atomic E-state index is -3.52. The van der Waals surface area contributed by atoms with E-state index < -0.39 is 10.0 Å². The predicted octanol–water partition coefficient (Wildman–Crippen LogP) is 2.98. The van der Waals surface area contributed by atoms with Crippen LogP contribution in [-0.4, -0.2) is 58.0 Å². The van der Waals surface area contributed by atoms with Crippen LogP contribution in [0, 0.1) is 4.77 Å². The Morgan fingerprint density at radius 3 is 2.40 bits per heavy atom. The predicted molar refractivity (Wildman–Crippen MR) is 118 cm³/mol. The molecule has 0 radical (unpaired) electrons. The molecular weight excluding hydrogens is 418 g/mol. The van der Waals surface area contributed by atoms with Gasteiger partial charge in [0, 0.05) is 32.4 Å². The van der Waals surface area contributed by atoms with Crippen molar-refractivity contribution in [3.8, 4) is 0 Å². The third kappa shape index (κ3) is 3.43. The molecule has 1 aliphatic rings. The van der Waals surface area contributed by atoms with Gasteiger partial charge in [-0.3, -0.25) is 9.30 Å². The van der Waals surface area contributed by atoms with Gasteiger partial charge in [-0.2, -0.15) is 9.40 Å². The molecule has 7 nitrogen and oxygen atoms in total.